The highest BCUT2D eigenvalue weighted by Gasteiger charge is 2.21. The standard InChI is InChI=1S/C10H22BrN.C10H13N/c1-3-5-6-7-8-10(11,4-2)9-12;1-2-8-7-11-10-6-4-3-5-9(8)10/h3-9,12H2,1-2H3;3-6,8,11H,2,7H2,1H3. The van der Waals surface area contributed by atoms with E-state index in [9.17, 15) is 0 Å². The molecule has 0 saturated carbocycles. The molecule has 1 aromatic rings. The predicted octanol–water partition coefficient (Wildman–Crippen LogP) is 6.06. The van der Waals surface area contributed by atoms with Crippen LogP contribution in [-0.2, 0) is 0 Å². The summed E-state index contributed by atoms with van der Waals surface area (Å²) >= 11 is 3.71. The minimum atomic E-state index is 0.223. The Kier molecular flexibility index (Phi) is 9.89. The molecular weight excluding hydrogens is 348 g/mol. The van der Waals surface area contributed by atoms with Crippen molar-refractivity contribution in [2.75, 3.05) is 18.4 Å². The number of benzene rings is 1. The molecule has 2 atom stereocenters. The summed E-state index contributed by atoms with van der Waals surface area (Å²) in [6.45, 7) is 8.56. The van der Waals surface area contributed by atoms with E-state index in [1.807, 2.05) is 0 Å². The van der Waals surface area contributed by atoms with Crippen molar-refractivity contribution in [1.29, 1.82) is 0 Å². The number of halogens is 1. The van der Waals surface area contributed by atoms with Gasteiger partial charge in [-0.15, -0.1) is 0 Å². The van der Waals surface area contributed by atoms with Crippen molar-refractivity contribution in [2.24, 2.45) is 5.73 Å². The Morgan fingerprint density at radius 1 is 1.17 bits per heavy atom. The predicted molar refractivity (Wildman–Crippen MR) is 108 cm³/mol. The first-order chi connectivity index (χ1) is 11.1. The van der Waals surface area contributed by atoms with Gasteiger partial charge in [-0.1, -0.05) is 80.6 Å². The van der Waals surface area contributed by atoms with Crippen molar-refractivity contribution in [2.45, 2.75) is 76.0 Å². The lowest BCUT2D eigenvalue weighted by Crippen LogP contribution is -2.30. The van der Waals surface area contributed by atoms with Crippen LogP contribution in [0, 0.1) is 0 Å². The molecule has 0 radical (unpaired) electrons. The van der Waals surface area contributed by atoms with Crippen LogP contribution in [0.3, 0.4) is 0 Å². The molecule has 132 valence electrons. The molecule has 0 aromatic heterocycles. The van der Waals surface area contributed by atoms with Crippen molar-refractivity contribution in [3.63, 3.8) is 0 Å². The number of nitrogens with one attached hydrogen (secondary N) is 1. The first-order valence-electron chi connectivity index (χ1n) is 9.32. The zero-order valence-electron chi connectivity index (χ0n) is 15.2. The topological polar surface area (TPSA) is 38.0 Å². The van der Waals surface area contributed by atoms with Gasteiger partial charge in [-0.05, 0) is 30.9 Å². The second-order valence-electron chi connectivity index (χ2n) is 6.59. The number of alkyl halides is 1. The molecule has 3 heteroatoms. The third-order valence-corrected chi connectivity index (χ3v) is 6.19. The Morgan fingerprint density at radius 3 is 2.52 bits per heavy atom. The highest BCUT2D eigenvalue weighted by Crippen LogP contribution is 2.32. The van der Waals surface area contributed by atoms with Gasteiger partial charge in [0.25, 0.3) is 0 Å². The second kappa shape index (κ2) is 11.1. The fraction of sp³-hybridized carbons (Fsp3) is 0.700. The van der Waals surface area contributed by atoms with Gasteiger partial charge in [-0.25, -0.2) is 0 Å². The normalized spacial score (nSPS) is 18.4. The molecule has 23 heavy (non-hydrogen) atoms. The molecule has 1 heterocycles. The van der Waals surface area contributed by atoms with E-state index in [4.69, 9.17) is 5.73 Å². The van der Waals surface area contributed by atoms with Crippen LogP contribution >= 0.6 is 15.9 Å². The quantitative estimate of drug-likeness (QED) is 0.423. The first kappa shape index (κ1) is 20.5. The van der Waals surface area contributed by atoms with Crippen LogP contribution in [0.2, 0.25) is 0 Å². The number of unbranched alkanes of at least 4 members (excludes halogenated alkanes) is 3. The molecule has 0 amide bonds. The van der Waals surface area contributed by atoms with Gasteiger partial charge in [0.05, 0.1) is 0 Å². The largest absolute Gasteiger partial charge is 0.384 e. The molecule has 1 aromatic carbocycles. The van der Waals surface area contributed by atoms with Crippen LogP contribution in [0.5, 0.6) is 0 Å². The maximum Gasteiger partial charge on any atom is 0.0377 e. The summed E-state index contributed by atoms with van der Waals surface area (Å²) in [5.41, 5.74) is 8.51. The van der Waals surface area contributed by atoms with Gasteiger partial charge in [0.2, 0.25) is 0 Å². The molecular formula is C20H35BrN2. The average molecular weight is 383 g/mol. The van der Waals surface area contributed by atoms with E-state index >= 15 is 0 Å². The minimum Gasteiger partial charge on any atom is -0.384 e. The Hall–Kier alpha value is -0.540. The number of para-hydroxylation sites is 1. The van der Waals surface area contributed by atoms with Crippen LogP contribution in [0.1, 0.15) is 77.2 Å². The van der Waals surface area contributed by atoms with Crippen molar-refractivity contribution in [3.8, 4) is 0 Å². The van der Waals surface area contributed by atoms with E-state index in [0.717, 1.165) is 25.4 Å². The Bertz CT molecular complexity index is 429. The van der Waals surface area contributed by atoms with Crippen molar-refractivity contribution in [3.05, 3.63) is 29.8 Å². The summed E-state index contributed by atoms with van der Waals surface area (Å²) in [5, 5.41) is 3.40. The van der Waals surface area contributed by atoms with Crippen LogP contribution < -0.4 is 11.1 Å². The molecule has 3 N–H and O–H groups in total. The molecule has 0 aliphatic carbocycles. The van der Waals surface area contributed by atoms with Crippen molar-refractivity contribution < 1.29 is 0 Å². The smallest absolute Gasteiger partial charge is 0.0377 e. The summed E-state index contributed by atoms with van der Waals surface area (Å²) in [6.07, 6.45) is 8.93. The molecule has 0 bridgehead atoms. The van der Waals surface area contributed by atoms with E-state index in [1.165, 1.54) is 49.8 Å². The van der Waals surface area contributed by atoms with Gasteiger partial charge in [-0.2, -0.15) is 0 Å². The van der Waals surface area contributed by atoms with Crippen LogP contribution in [0.25, 0.3) is 0 Å². The molecule has 2 nitrogen and oxygen atoms in total. The van der Waals surface area contributed by atoms with Gasteiger partial charge in [0, 0.05) is 29.0 Å². The van der Waals surface area contributed by atoms with Gasteiger partial charge < -0.3 is 11.1 Å². The Morgan fingerprint density at radius 2 is 1.91 bits per heavy atom. The zero-order valence-corrected chi connectivity index (χ0v) is 16.8. The van der Waals surface area contributed by atoms with Crippen molar-refractivity contribution in [1.82, 2.24) is 0 Å². The van der Waals surface area contributed by atoms with E-state index in [1.54, 1.807) is 0 Å². The van der Waals surface area contributed by atoms with Gasteiger partial charge in [0.1, 0.15) is 0 Å². The lowest BCUT2D eigenvalue weighted by Gasteiger charge is -2.23. The summed E-state index contributed by atoms with van der Waals surface area (Å²) < 4.78 is 0.223. The third kappa shape index (κ3) is 6.84. The van der Waals surface area contributed by atoms with E-state index in [2.05, 4.69) is 66.3 Å². The van der Waals surface area contributed by atoms with Crippen LogP contribution in [0.4, 0.5) is 5.69 Å². The van der Waals surface area contributed by atoms with Crippen LogP contribution in [-0.4, -0.2) is 17.4 Å². The Labute approximate surface area is 151 Å². The summed E-state index contributed by atoms with van der Waals surface area (Å²) in [5.74, 6) is 0.742. The van der Waals surface area contributed by atoms with E-state index in [0.29, 0.717) is 0 Å². The average Bonchev–Trinajstić information content (AvgIpc) is 3.02. The maximum absolute atomic E-state index is 5.69. The number of rotatable bonds is 8. The molecule has 1 aliphatic rings. The molecule has 2 rings (SSSR count). The number of anilines is 1. The summed E-state index contributed by atoms with van der Waals surface area (Å²) in [6, 6.07) is 8.59. The minimum absolute atomic E-state index is 0.223. The maximum atomic E-state index is 5.69. The van der Waals surface area contributed by atoms with Gasteiger partial charge >= 0.3 is 0 Å². The zero-order chi connectivity index (χ0) is 17.1. The molecule has 1 aliphatic heterocycles. The summed E-state index contributed by atoms with van der Waals surface area (Å²) in [4.78, 5) is 0. The first-order valence-corrected chi connectivity index (χ1v) is 10.1. The SMILES string of the molecule is CCC1CNc2ccccc21.CCCCCCC(Br)(CC)CN. The summed E-state index contributed by atoms with van der Waals surface area (Å²) in [7, 11) is 0. The number of hydrogen-bond acceptors (Lipinski definition) is 2. The lowest BCUT2D eigenvalue weighted by atomic mass is 9.98. The highest BCUT2D eigenvalue weighted by molar-refractivity contribution is 9.10. The number of hydrogen-bond donors (Lipinski definition) is 2. The molecule has 0 fully saturated rings. The van der Waals surface area contributed by atoms with E-state index in [-0.39, 0.29) is 4.32 Å². The molecule has 0 saturated heterocycles. The second-order valence-corrected chi connectivity index (χ2v) is 8.27. The van der Waals surface area contributed by atoms with Gasteiger partial charge in [0.15, 0.2) is 0 Å². The Balaban J connectivity index is 0.000000230. The van der Waals surface area contributed by atoms with Crippen LogP contribution in [0.15, 0.2) is 24.3 Å². The van der Waals surface area contributed by atoms with E-state index < -0.39 is 0 Å². The third-order valence-electron chi connectivity index (χ3n) is 4.91. The molecule has 0 spiro atoms. The van der Waals surface area contributed by atoms with Gasteiger partial charge in [-0.3, -0.25) is 0 Å². The highest BCUT2D eigenvalue weighted by atomic mass is 79.9. The number of nitrogens with two attached hydrogens (primary N) is 1. The fourth-order valence-electron chi connectivity index (χ4n) is 3.01. The molecule has 2 unspecified atom stereocenters. The van der Waals surface area contributed by atoms with Crippen molar-refractivity contribution >= 4 is 21.6 Å². The number of fused-ring (bicyclic) bond motifs is 1. The monoisotopic (exact) mass is 382 g/mol. The lowest BCUT2D eigenvalue weighted by molar-refractivity contribution is 0.502. The fourth-order valence-corrected chi connectivity index (χ4v) is 3.29.